The van der Waals surface area contributed by atoms with Crippen molar-refractivity contribution in [2.24, 2.45) is 4.99 Å². The Balaban J connectivity index is 1.57. The van der Waals surface area contributed by atoms with Crippen LogP contribution in [0.2, 0.25) is 0 Å². The molecule has 1 aliphatic heterocycles. The number of fused-ring (bicyclic) bond motifs is 1. The molecule has 0 saturated heterocycles. The Kier molecular flexibility index (Phi) is 5.95. The summed E-state index contributed by atoms with van der Waals surface area (Å²) < 4.78 is 52.1. The maximum Gasteiger partial charge on any atom is 0.350 e. The van der Waals surface area contributed by atoms with Crippen LogP contribution >= 0.6 is 11.3 Å². The monoisotopic (exact) mass is 459 g/mol. The van der Waals surface area contributed by atoms with E-state index in [-0.39, 0.29) is 23.9 Å². The van der Waals surface area contributed by atoms with Gasteiger partial charge in [0.25, 0.3) is 5.19 Å². The van der Waals surface area contributed by atoms with Crippen molar-refractivity contribution in [3.63, 3.8) is 0 Å². The van der Waals surface area contributed by atoms with Gasteiger partial charge < -0.3 is 14.4 Å². The maximum atomic E-state index is 14.1. The van der Waals surface area contributed by atoms with Crippen LogP contribution in [0.4, 0.5) is 18.9 Å². The molecule has 0 bridgehead atoms. The van der Waals surface area contributed by atoms with Crippen molar-refractivity contribution >= 4 is 35.0 Å². The number of halogens is 3. The SMILES string of the molecule is C=C1N=CN(Cc2c(F)cc(F)cc2F)c2ccc(Oc3ncc(C(=O)OCC)s3)cc21. The summed E-state index contributed by atoms with van der Waals surface area (Å²) in [5.74, 6) is -3.03. The predicted octanol–water partition coefficient (Wildman–Crippen LogP) is 5.55. The lowest BCUT2D eigenvalue weighted by atomic mass is 10.1. The van der Waals surface area contributed by atoms with Crippen LogP contribution in [0.25, 0.3) is 5.70 Å². The largest absolute Gasteiger partial charge is 0.462 e. The van der Waals surface area contributed by atoms with Gasteiger partial charge >= 0.3 is 5.97 Å². The highest BCUT2D eigenvalue weighted by molar-refractivity contribution is 7.15. The van der Waals surface area contributed by atoms with Gasteiger partial charge in [0.05, 0.1) is 37.1 Å². The van der Waals surface area contributed by atoms with E-state index in [0.29, 0.717) is 39.7 Å². The van der Waals surface area contributed by atoms with Crippen LogP contribution in [0.5, 0.6) is 10.9 Å². The summed E-state index contributed by atoms with van der Waals surface area (Å²) in [6.07, 6.45) is 2.77. The number of ether oxygens (including phenoxy) is 2. The van der Waals surface area contributed by atoms with Gasteiger partial charge in [-0.25, -0.2) is 27.9 Å². The van der Waals surface area contributed by atoms with Gasteiger partial charge in [-0.15, -0.1) is 0 Å². The van der Waals surface area contributed by atoms with Crippen molar-refractivity contribution < 1.29 is 27.4 Å². The number of rotatable bonds is 6. The van der Waals surface area contributed by atoms with Crippen molar-refractivity contribution in [1.29, 1.82) is 0 Å². The first kappa shape index (κ1) is 21.6. The van der Waals surface area contributed by atoms with Gasteiger partial charge in [0.15, 0.2) is 0 Å². The molecule has 0 radical (unpaired) electrons. The third kappa shape index (κ3) is 4.35. The average molecular weight is 459 g/mol. The van der Waals surface area contributed by atoms with Crippen molar-refractivity contribution in [3.8, 4) is 10.9 Å². The van der Waals surface area contributed by atoms with Crippen molar-refractivity contribution in [3.05, 3.63) is 76.6 Å². The quantitative estimate of drug-likeness (QED) is 0.453. The molecule has 0 spiro atoms. The van der Waals surface area contributed by atoms with E-state index in [1.54, 1.807) is 25.1 Å². The van der Waals surface area contributed by atoms with Crippen LogP contribution < -0.4 is 9.64 Å². The fraction of sp³-hybridized carbons (Fsp3) is 0.136. The fourth-order valence-corrected chi connectivity index (χ4v) is 3.73. The number of benzene rings is 2. The van der Waals surface area contributed by atoms with Gasteiger partial charge in [0.1, 0.15) is 28.1 Å². The molecule has 0 N–H and O–H groups in total. The van der Waals surface area contributed by atoms with E-state index in [1.807, 2.05) is 0 Å². The number of esters is 1. The van der Waals surface area contributed by atoms with Gasteiger partial charge in [-0.3, -0.25) is 0 Å². The number of anilines is 1. The van der Waals surface area contributed by atoms with E-state index >= 15 is 0 Å². The van der Waals surface area contributed by atoms with Crippen molar-refractivity contribution in [2.75, 3.05) is 11.5 Å². The zero-order valence-electron chi connectivity index (χ0n) is 16.8. The van der Waals surface area contributed by atoms with Crippen LogP contribution in [0, 0.1) is 17.5 Å². The van der Waals surface area contributed by atoms with Crippen LogP contribution in [-0.2, 0) is 11.3 Å². The molecule has 0 unspecified atom stereocenters. The van der Waals surface area contributed by atoms with Crippen LogP contribution in [-0.4, -0.2) is 23.9 Å². The molecule has 10 heteroatoms. The van der Waals surface area contributed by atoms with E-state index in [9.17, 15) is 18.0 Å². The molecule has 0 fully saturated rings. The number of hydrogen-bond donors (Lipinski definition) is 0. The minimum atomic E-state index is -0.986. The van der Waals surface area contributed by atoms with E-state index in [4.69, 9.17) is 9.47 Å². The van der Waals surface area contributed by atoms with Gasteiger partial charge in [0, 0.05) is 23.3 Å². The summed E-state index contributed by atoms with van der Waals surface area (Å²) in [5, 5.41) is 0.241. The number of aliphatic imine (C=N–C) groups is 1. The van der Waals surface area contributed by atoms with Gasteiger partial charge in [-0.1, -0.05) is 17.9 Å². The first-order valence-electron chi connectivity index (χ1n) is 9.44. The molecule has 4 rings (SSSR count). The lowest BCUT2D eigenvalue weighted by molar-refractivity contribution is 0.0532. The zero-order chi connectivity index (χ0) is 22.8. The number of carbonyl (C=O) groups is 1. The van der Waals surface area contributed by atoms with Gasteiger partial charge in [0.2, 0.25) is 0 Å². The van der Waals surface area contributed by atoms with E-state index in [1.165, 1.54) is 17.4 Å². The second-order valence-electron chi connectivity index (χ2n) is 6.66. The molecule has 6 nitrogen and oxygen atoms in total. The standard InChI is InChI=1S/C22H16F3N3O3S/c1-3-30-21(29)20-9-26-22(32-20)31-14-4-5-19-15(8-14)12(2)27-11-28(19)10-16-17(24)6-13(23)7-18(16)25/h4-9,11H,2-3,10H2,1H3. The summed E-state index contributed by atoms with van der Waals surface area (Å²) in [7, 11) is 0. The molecule has 2 aromatic carbocycles. The minimum absolute atomic E-state index is 0.197. The van der Waals surface area contributed by atoms with E-state index in [0.717, 1.165) is 11.3 Å². The summed E-state index contributed by atoms with van der Waals surface area (Å²) in [5.41, 5.74) is 1.31. The highest BCUT2D eigenvalue weighted by Gasteiger charge is 2.22. The molecular formula is C22H16F3N3O3S. The normalized spacial score (nSPS) is 12.6. The number of aromatic nitrogens is 1. The van der Waals surface area contributed by atoms with Gasteiger partial charge in [-0.05, 0) is 25.1 Å². The second-order valence-corrected chi connectivity index (χ2v) is 7.65. The Labute approximate surface area is 185 Å². The molecule has 1 aromatic heterocycles. The third-order valence-corrected chi connectivity index (χ3v) is 5.40. The highest BCUT2D eigenvalue weighted by Crippen LogP contribution is 2.36. The van der Waals surface area contributed by atoms with Crippen LogP contribution in [0.15, 0.2) is 48.1 Å². The van der Waals surface area contributed by atoms with Crippen molar-refractivity contribution in [1.82, 2.24) is 4.98 Å². The lowest BCUT2D eigenvalue weighted by Gasteiger charge is -2.27. The summed E-state index contributed by atoms with van der Waals surface area (Å²) in [4.78, 5) is 21.9. The molecule has 1 aliphatic rings. The Morgan fingerprint density at radius 1 is 1.19 bits per heavy atom. The number of hydrogen-bond acceptors (Lipinski definition) is 7. The number of thiazole rings is 1. The van der Waals surface area contributed by atoms with Crippen LogP contribution in [0.1, 0.15) is 27.7 Å². The zero-order valence-corrected chi connectivity index (χ0v) is 17.6. The number of nitrogens with zero attached hydrogens (tertiary/aromatic N) is 3. The molecule has 2 heterocycles. The van der Waals surface area contributed by atoms with E-state index in [2.05, 4.69) is 16.6 Å². The molecule has 0 atom stereocenters. The molecule has 0 aliphatic carbocycles. The summed E-state index contributed by atoms with van der Waals surface area (Å²) >= 11 is 1.04. The number of carbonyl (C=O) groups excluding carboxylic acids is 1. The predicted molar refractivity (Wildman–Crippen MR) is 115 cm³/mol. The molecule has 0 amide bonds. The Bertz CT molecular complexity index is 1220. The topological polar surface area (TPSA) is 64.0 Å². The minimum Gasteiger partial charge on any atom is -0.462 e. The molecule has 3 aromatic rings. The smallest absolute Gasteiger partial charge is 0.350 e. The Hall–Kier alpha value is -3.66. The average Bonchev–Trinajstić information content (AvgIpc) is 3.21. The highest BCUT2D eigenvalue weighted by atomic mass is 32.1. The lowest BCUT2D eigenvalue weighted by Crippen LogP contribution is -2.25. The molecule has 0 saturated carbocycles. The van der Waals surface area contributed by atoms with E-state index < -0.39 is 23.4 Å². The molecular weight excluding hydrogens is 443 g/mol. The third-order valence-electron chi connectivity index (χ3n) is 4.54. The summed E-state index contributed by atoms with van der Waals surface area (Å²) in [6.45, 7) is 5.65. The second kappa shape index (κ2) is 8.83. The Morgan fingerprint density at radius 2 is 1.94 bits per heavy atom. The molecule has 32 heavy (non-hydrogen) atoms. The first-order chi connectivity index (χ1) is 15.4. The van der Waals surface area contributed by atoms with Crippen molar-refractivity contribution in [2.45, 2.75) is 13.5 Å². The summed E-state index contributed by atoms with van der Waals surface area (Å²) in [6, 6.07) is 6.25. The fourth-order valence-electron chi connectivity index (χ4n) is 3.05. The maximum absolute atomic E-state index is 14.1. The van der Waals surface area contributed by atoms with Gasteiger partial charge in [-0.2, -0.15) is 0 Å². The molecule has 164 valence electrons. The Morgan fingerprint density at radius 3 is 2.66 bits per heavy atom. The van der Waals surface area contributed by atoms with Crippen LogP contribution in [0.3, 0.4) is 0 Å². The first-order valence-corrected chi connectivity index (χ1v) is 10.3.